The van der Waals surface area contributed by atoms with E-state index in [1.54, 1.807) is 4.90 Å². The van der Waals surface area contributed by atoms with E-state index in [-0.39, 0.29) is 17.4 Å². The molecule has 5 heteroatoms. The summed E-state index contributed by atoms with van der Waals surface area (Å²) < 4.78 is 12.0. The van der Waals surface area contributed by atoms with Gasteiger partial charge in [-0.25, -0.2) is 0 Å². The Hall–Kier alpha value is -4.25. The molecular weight excluding hydrogens is 472 g/mol. The number of amides is 1. The fourth-order valence-corrected chi connectivity index (χ4v) is 5.11. The molecule has 4 aromatic rings. The molecule has 0 fully saturated rings. The SMILES string of the molecule is C=C(OC(C)C)C1=CN(C(=O)c2ccc(OCc3ccccc3)cc2)CC(C)(C)c2c1[nH]c1ccccc21. The predicted molar refractivity (Wildman–Crippen MR) is 153 cm³/mol. The first kappa shape index (κ1) is 25.4. The molecule has 194 valence electrons. The Bertz CT molecular complexity index is 1490. The van der Waals surface area contributed by atoms with Gasteiger partial charge in [0.2, 0.25) is 0 Å². The number of fused-ring (bicyclic) bond motifs is 3. The Morgan fingerprint density at radius 2 is 1.68 bits per heavy atom. The number of carbonyl (C=O) groups excluding carboxylic acids is 1. The highest BCUT2D eigenvalue weighted by Gasteiger charge is 2.36. The van der Waals surface area contributed by atoms with Crippen LogP contribution in [-0.4, -0.2) is 28.4 Å². The van der Waals surface area contributed by atoms with Crippen LogP contribution in [0.25, 0.3) is 16.5 Å². The maximum atomic E-state index is 13.8. The normalized spacial score (nSPS) is 14.6. The summed E-state index contributed by atoms with van der Waals surface area (Å²) in [7, 11) is 0. The summed E-state index contributed by atoms with van der Waals surface area (Å²) in [5.41, 5.74) is 5.30. The summed E-state index contributed by atoms with van der Waals surface area (Å²) in [4.78, 5) is 19.2. The molecular formula is C33H34N2O3. The monoisotopic (exact) mass is 506 g/mol. The Morgan fingerprint density at radius 3 is 2.39 bits per heavy atom. The Morgan fingerprint density at radius 1 is 1.00 bits per heavy atom. The van der Waals surface area contributed by atoms with E-state index in [2.05, 4.69) is 37.5 Å². The minimum Gasteiger partial charge on any atom is -0.491 e. The molecule has 1 N–H and O–H groups in total. The molecule has 5 rings (SSSR count). The maximum Gasteiger partial charge on any atom is 0.257 e. The number of H-pyrrole nitrogens is 1. The maximum absolute atomic E-state index is 13.8. The van der Waals surface area contributed by atoms with Crippen LogP contribution in [-0.2, 0) is 16.8 Å². The second kappa shape index (κ2) is 10.3. The summed E-state index contributed by atoms with van der Waals surface area (Å²) in [5.74, 6) is 1.17. The van der Waals surface area contributed by atoms with Gasteiger partial charge in [0.1, 0.15) is 18.1 Å². The van der Waals surface area contributed by atoms with E-state index in [0.29, 0.717) is 24.5 Å². The van der Waals surface area contributed by atoms with Crippen LogP contribution in [0.3, 0.4) is 0 Å². The number of hydrogen-bond donors (Lipinski definition) is 1. The van der Waals surface area contributed by atoms with Crippen LogP contribution in [0.2, 0.25) is 0 Å². The van der Waals surface area contributed by atoms with Gasteiger partial charge in [-0.15, -0.1) is 0 Å². The molecule has 0 unspecified atom stereocenters. The highest BCUT2D eigenvalue weighted by atomic mass is 16.5. The Kier molecular flexibility index (Phi) is 6.85. The Balaban J connectivity index is 1.47. The summed E-state index contributed by atoms with van der Waals surface area (Å²) >= 11 is 0. The number of carbonyl (C=O) groups is 1. The highest BCUT2D eigenvalue weighted by molar-refractivity contribution is 5.98. The van der Waals surface area contributed by atoms with Gasteiger partial charge in [-0.05, 0) is 55.3 Å². The number of ether oxygens (including phenoxy) is 2. The number of allylic oxidation sites excluding steroid dienone is 1. The van der Waals surface area contributed by atoms with Gasteiger partial charge in [0, 0.05) is 34.6 Å². The first-order valence-electron chi connectivity index (χ1n) is 13.0. The first-order chi connectivity index (χ1) is 18.2. The predicted octanol–water partition coefficient (Wildman–Crippen LogP) is 7.46. The quantitative estimate of drug-likeness (QED) is 0.265. The van der Waals surface area contributed by atoms with E-state index < -0.39 is 0 Å². The number of nitrogens with zero attached hydrogens (tertiary/aromatic N) is 1. The summed E-state index contributed by atoms with van der Waals surface area (Å²) in [6.07, 6.45) is 1.84. The van der Waals surface area contributed by atoms with Gasteiger partial charge < -0.3 is 19.4 Å². The molecule has 0 aliphatic carbocycles. The zero-order valence-corrected chi connectivity index (χ0v) is 22.5. The van der Waals surface area contributed by atoms with Gasteiger partial charge in [-0.3, -0.25) is 4.79 Å². The van der Waals surface area contributed by atoms with Gasteiger partial charge in [-0.2, -0.15) is 0 Å². The van der Waals surface area contributed by atoms with E-state index in [9.17, 15) is 4.79 Å². The van der Waals surface area contributed by atoms with Crippen LogP contribution < -0.4 is 4.74 Å². The molecule has 0 saturated carbocycles. The smallest absolute Gasteiger partial charge is 0.257 e. The third-order valence-electron chi connectivity index (χ3n) is 6.79. The van der Waals surface area contributed by atoms with Crippen molar-refractivity contribution in [2.24, 2.45) is 0 Å². The summed E-state index contributed by atoms with van der Waals surface area (Å²) in [6, 6.07) is 25.6. The fraction of sp³-hybridized carbons (Fsp3) is 0.242. The molecule has 5 nitrogen and oxygen atoms in total. The number of aromatic amines is 1. The molecule has 1 aliphatic heterocycles. The number of nitrogens with one attached hydrogen (secondary N) is 1. The van der Waals surface area contributed by atoms with Crippen LogP contribution in [0.1, 0.15) is 54.9 Å². The minimum atomic E-state index is -0.334. The standard InChI is InChI=1S/C33H34N2O3/c1-22(2)38-23(3)28-19-35(21-33(4,5)30-27-13-9-10-14-29(27)34-31(28)30)32(36)25-15-17-26(18-16-25)37-20-24-11-7-6-8-12-24/h6-19,22,34H,3,20-21H2,1-2,4-5H3. The third-order valence-corrected chi connectivity index (χ3v) is 6.79. The van der Waals surface area contributed by atoms with Crippen LogP contribution in [0.5, 0.6) is 5.75 Å². The van der Waals surface area contributed by atoms with Crippen LogP contribution in [0.4, 0.5) is 0 Å². The molecule has 0 spiro atoms. The average molecular weight is 507 g/mol. The van der Waals surface area contributed by atoms with Crippen molar-refractivity contribution in [1.29, 1.82) is 0 Å². The number of aromatic nitrogens is 1. The van der Waals surface area contributed by atoms with Crippen molar-refractivity contribution in [3.8, 4) is 5.75 Å². The van der Waals surface area contributed by atoms with E-state index in [1.165, 1.54) is 0 Å². The Labute approximate surface area is 224 Å². The average Bonchev–Trinajstić information content (AvgIpc) is 3.25. The van der Waals surface area contributed by atoms with Crippen molar-refractivity contribution in [2.45, 2.75) is 45.8 Å². The largest absolute Gasteiger partial charge is 0.491 e. The molecule has 38 heavy (non-hydrogen) atoms. The van der Waals surface area contributed by atoms with Gasteiger partial charge >= 0.3 is 0 Å². The van der Waals surface area contributed by atoms with Gasteiger partial charge in [-0.1, -0.05) is 69.0 Å². The number of benzene rings is 3. The minimum absolute atomic E-state index is 0.0416. The van der Waals surface area contributed by atoms with Gasteiger partial charge in [0.25, 0.3) is 5.91 Å². The molecule has 0 saturated heterocycles. The molecule has 0 bridgehead atoms. The molecule has 1 aromatic heterocycles. The van der Waals surface area contributed by atoms with Crippen LogP contribution >= 0.6 is 0 Å². The van der Waals surface area contributed by atoms with E-state index in [4.69, 9.17) is 9.47 Å². The van der Waals surface area contributed by atoms with Crippen molar-refractivity contribution in [3.05, 3.63) is 120 Å². The fourth-order valence-electron chi connectivity index (χ4n) is 5.11. The van der Waals surface area contributed by atoms with E-state index >= 15 is 0 Å². The lowest BCUT2D eigenvalue weighted by atomic mass is 9.81. The molecule has 1 aliphatic rings. The van der Waals surface area contributed by atoms with Gasteiger partial charge in [0.05, 0.1) is 17.4 Å². The first-order valence-corrected chi connectivity index (χ1v) is 13.0. The molecule has 1 amide bonds. The van der Waals surface area contributed by atoms with E-state index in [1.807, 2.05) is 86.8 Å². The zero-order chi connectivity index (χ0) is 26.9. The molecule has 0 atom stereocenters. The van der Waals surface area contributed by atoms with Crippen molar-refractivity contribution < 1.29 is 14.3 Å². The second-order valence-electron chi connectivity index (χ2n) is 10.7. The lowest BCUT2D eigenvalue weighted by molar-refractivity contribution is 0.0800. The van der Waals surface area contributed by atoms with Crippen molar-refractivity contribution in [3.63, 3.8) is 0 Å². The van der Waals surface area contributed by atoms with E-state index in [0.717, 1.165) is 39.0 Å². The summed E-state index contributed by atoms with van der Waals surface area (Å²) in [6.45, 7) is 13.5. The lowest BCUT2D eigenvalue weighted by Crippen LogP contribution is -2.36. The number of hydrogen-bond acceptors (Lipinski definition) is 3. The number of para-hydroxylation sites is 1. The van der Waals surface area contributed by atoms with Crippen molar-refractivity contribution >= 4 is 22.4 Å². The highest BCUT2D eigenvalue weighted by Crippen LogP contribution is 2.42. The zero-order valence-electron chi connectivity index (χ0n) is 22.5. The van der Waals surface area contributed by atoms with Crippen LogP contribution in [0, 0.1) is 0 Å². The topological polar surface area (TPSA) is 54.6 Å². The lowest BCUT2D eigenvalue weighted by Gasteiger charge is -2.29. The summed E-state index contributed by atoms with van der Waals surface area (Å²) in [5, 5.41) is 1.14. The number of rotatable bonds is 7. The third kappa shape index (κ3) is 5.10. The van der Waals surface area contributed by atoms with Crippen molar-refractivity contribution in [2.75, 3.05) is 6.54 Å². The molecule has 3 aromatic carbocycles. The molecule has 2 heterocycles. The van der Waals surface area contributed by atoms with Gasteiger partial charge in [0.15, 0.2) is 0 Å². The second-order valence-corrected chi connectivity index (χ2v) is 10.7. The van der Waals surface area contributed by atoms with Crippen LogP contribution in [0.15, 0.2) is 97.4 Å². The molecule has 0 radical (unpaired) electrons. The van der Waals surface area contributed by atoms with Crippen molar-refractivity contribution in [1.82, 2.24) is 9.88 Å².